The Bertz CT molecular complexity index is 413. The van der Waals surface area contributed by atoms with Crippen molar-refractivity contribution in [3.63, 3.8) is 0 Å². The Morgan fingerprint density at radius 2 is 2.11 bits per heavy atom. The molecule has 1 aromatic rings. The summed E-state index contributed by atoms with van der Waals surface area (Å²) in [5.41, 5.74) is 0.957. The van der Waals surface area contributed by atoms with Crippen LogP contribution >= 0.6 is 0 Å². The van der Waals surface area contributed by atoms with Gasteiger partial charge in [-0.05, 0) is 24.6 Å². The van der Waals surface area contributed by atoms with Gasteiger partial charge in [0.1, 0.15) is 5.82 Å². The number of hydrogen-bond acceptors (Lipinski definition) is 3. The Labute approximate surface area is 112 Å². The first kappa shape index (κ1) is 15.4. The van der Waals surface area contributed by atoms with Gasteiger partial charge in [0, 0.05) is 19.3 Å². The molecule has 19 heavy (non-hydrogen) atoms. The van der Waals surface area contributed by atoms with Crippen LogP contribution < -0.4 is 10.6 Å². The topological polar surface area (TPSA) is 59.6 Å². The number of methoxy groups -OCH3 is 1. The zero-order valence-corrected chi connectivity index (χ0v) is 11.2. The summed E-state index contributed by atoms with van der Waals surface area (Å²) in [5.74, 6) is -0.347. The van der Waals surface area contributed by atoms with Gasteiger partial charge in [0.25, 0.3) is 0 Å². The van der Waals surface area contributed by atoms with E-state index in [-0.39, 0.29) is 5.82 Å². The van der Waals surface area contributed by atoms with Gasteiger partial charge < -0.3 is 20.1 Å². The van der Waals surface area contributed by atoms with E-state index in [9.17, 15) is 9.18 Å². The van der Waals surface area contributed by atoms with E-state index in [1.165, 1.54) is 6.07 Å². The molecule has 1 rings (SSSR count). The molecular formula is C13H19FN2O3. The molecule has 0 aliphatic carbocycles. The number of amides is 2. The Balaban J connectivity index is 2.21. The van der Waals surface area contributed by atoms with Crippen LogP contribution in [-0.4, -0.2) is 39.5 Å². The maximum atomic E-state index is 13.3. The van der Waals surface area contributed by atoms with Crippen LogP contribution in [-0.2, 0) is 9.47 Å². The van der Waals surface area contributed by atoms with Gasteiger partial charge in [-0.3, -0.25) is 0 Å². The fourth-order valence-electron chi connectivity index (χ4n) is 1.33. The predicted molar refractivity (Wildman–Crippen MR) is 70.9 cm³/mol. The van der Waals surface area contributed by atoms with Crippen molar-refractivity contribution in [1.29, 1.82) is 0 Å². The number of ether oxygens (including phenoxy) is 2. The number of carbonyl (C=O) groups excluding carboxylic acids is 1. The van der Waals surface area contributed by atoms with Crippen LogP contribution in [0.2, 0.25) is 0 Å². The molecule has 0 heterocycles. The Morgan fingerprint density at radius 1 is 1.32 bits per heavy atom. The second kappa shape index (κ2) is 8.44. The number of urea groups is 1. The SMILES string of the molecule is COCCOCCNC(=O)Nc1ccc(C)c(F)c1. The first-order chi connectivity index (χ1) is 9.13. The average molecular weight is 270 g/mol. The smallest absolute Gasteiger partial charge is 0.319 e. The standard InChI is InChI=1S/C13H19FN2O3/c1-10-3-4-11(9-12(10)14)16-13(17)15-5-6-19-8-7-18-2/h3-4,9H,5-8H2,1-2H3,(H2,15,16,17). The van der Waals surface area contributed by atoms with Gasteiger partial charge in [0.15, 0.2) is 0 Å². The van der Waals surface area contributed by atoms with Crippen LogP contribution in [0, 0.1) is 12.7 Å². The number of halogens is 1. The van der Waals surface area contributed by atoms with E-state index in [2.05, 4.69) is 10.6 Å². The predicted octanol–water partition coefficient (Wildman–Crippen LogP) is 1.92. The zero-order valence-electron chi connectivity index (χ0n) is 11.2. The lowest BCUT2D eigenvalue weighted by Crippen LogP contribution is -2.31. The lowest BCUT2D eigenvalue weighted by Gasteiger charge is -2.08. The van der Waals surface area contributed by atoms with E-state index in [1.54, 1.807) is 26.2 Å². The highest BCUT2D eigenvalue weighted by atomic mass is 19.1. The number of anilines is 1. The molecule has 0 aliphatic rings. The Morgan fingerprint density at radius 3 is 2.79 bits per heavy atom. The third-order valence-corrected chi connectivity index (χ3v) is 2.39. The molecule has 0 unspecified atom stereocenters. The summed E-state index contributed by atoms with van der Waals surface area (Å²) in [6.07, 6.45) is 0. The van der Waals surface area contributed by atoms with Crippen LogP contribution in [0.3, 0.4) is 0 Å². The summed E-state index contributed by atoms with van der Waals surface area (Å²) in [5, 5.41) is 5.15. The van der Waals surface area contributed by atoms with E-state index in [0.717, 1.165) is 0 Å². The van der Waals surface area contributed by atoms with Crippen LogP contribution in [0.1, 0.15) is 5.56 Å². The average Bonchev–Trinajstić information content (AvgIpc) is 2.38. The third kappa shape index (κ3) is 6.17. The van der Waals surface area contributed by atoms with E-state index in [1.807, 2.05) is 0 Å². The van der Waals surface area contributed by atoms with Crippen LogP contribution in [0.5, 0.6) is 0 Å². The van der Waals surface area contributed by atoms with Crippen molar-refractivity contribution in [2.45, 2.75) is 6.92 Å². The molecule has 0 saturated carbocycles. The second-order valence-electron chi connectivity index (χ2n) is 3.95. The van der Waals surface area contributed by atoms with Crippen LogP contribution in [0.15, 0.2) is 18.2 Å². The molecule has 0 saturated heterocycles. The highest BCUT2D eigenvalue weighted by Crippen LogP contribution is 2.13. The van der Waals surface area contributed by atoms with Crippen LogP contribution in [0.4, 0.5) is 14.9 Å². The molecule has 0 fully saturated rings. The minimum atomic E-state index is -0.390. The Hall–Kier alpha value is -1.66. The molecule has 0 aromatic heterocycles. The van der Waals surface area contributed by atoms with E-state index in [0.29, 0.717) is 37.6 Å². The molecule has 1 aromatic carbocycles. The summed E-state index contributed by atoms with van der Waals surface area (Å²) >= 11 is 0. The molecular weight excluding hydrogens is 251 g/mol. The molecule has 6 heteroatoms. The first-order valence-electron chi connectivity index (χ1n) is 6.01. The lowest BCUT2D eigenvalue weighted by atomic mass is 10.2. The number of rotatable bonds is 7. The molecule has 2 N–H and O–H groups in total. The first-order valence-corrected chi connectivity index (χ1v) is 6.01. The molecule has 2 amide bonds. The van der Waals surface area contributed by atoms with E-state index in [4.69, 9.17) is 9.47 Å². The summed E-state index contributed by atoms with van der Waals surface area (Å²) < 4.78 is 23.2. The largest absolute Gasteiger partial charge is 0.382 e. The molecule has 0 bridgehead atoms. The minimum Gasteiger partial charge on any atom is -0.382 e. The van der Waals surface area contributed by atoms with E-state index >= 15 is 0 Å². The number of nitrogens with one attached hydrogen (secondary N) is 2. The van der Waals surface area contributed by atoms with E-state index < -0.39 is 6.03 Å². The van der Waals surface area contributed by atoms with Gasteiger partial charge in [-0.2, -0.15) is 0 Å². The fraction of sp³-hybridized carbons (Fsp3) is 0.462. The summed E-state index contributed by atoms with van der Waals surface area (Å²) in [6.45, 7) is 3.46. The van der Waals surface area contributed by atoms with Crippen molar-refractivity contribution >= 4 is 11.7 Å². The molecule has 0 aliphatic heterocycles. The van der Waals surface area contributed by atoms with Crippen molar-refractivity contribution in [3.8, 4) is 0 Å². The number of carbonyl (C=O) groups is 1. The quantitative estimate of drug-likeness (QED) is 0.744. The van der Waals surface area contributed by atoms with Gasteiger partial charge in [-0.15, -0.1) is 0 Å². The second-order valence-corrected chi connectivity index (χ2v) is 3.95. The number of benzene rings is 1. The molecule has 0 atom stereocenters. The lowest BCUT2D eigenvalue weighted by molar-refractivity contribution is 0.0728. The molecule has 0 spiro atoms. The molecule has 106 valence electrons. The van der Waals surface area contributed by atoms with Crippen molar-refractivity contribution in [1.82, 2.24) is 5.32 Å². The van der Waals surface area contributed by atoms with Crippen LogP contribution in [0.25, 0.3) is 0 Å². The zero-order chi connectivity index (χ0) is 14.1. The molecule has 5 nitrogen and oxygen atoms in total. The molecule has 0 radical (unpaired) electrons. The minimum absolute atomic E-state index is 0.347. The highest BCUT2D eigenvalue weighted by molar-refractivity contribution is 5.89. The van der Waals surface area contributed by atoms with Gasteiger partial charge in [-0.25, -0.2) is 9.18 Å². The highest BCUT2D eigenvalue weighted by Gasteiger charge is 2.03. The van der Waals surface area contributed by atoms with Crippen molar-refractivity contribution in [3.05, 3.63) is 29.6 Å². The monoisotopic (exact) mass is 270 g/mol. The fourth-order valence-corrected chi connectivity index (χ4v) is 1.33. The van der Waals surface area contributed by atoms with Gasteiger partial charge in [0.2, 0.25) is 0 Å². The normalized spacial score (nSPS) is 10.3. The van der Waals surface area contributed by atoms with Crippen molar-refractivity contribution in [2.24, 2.45) is 0 Å². The summed E-state index contributed by atoms with van der Waals surface area (Å²) in [6, 6.07) is 4.15. The number of hydrogen-bond donors (Lipinski definition) is 2. The number of aryl methyl sites for hydroxylation is 1. The van der Waals surface area contributed by atoms with Crippen molar-refractivity contribution in [2.75, 3.05) is 38.8 Å². The summed E-state index contributed by atoms with van der Waals surface area (Å²) in [4.78, 5) is 11.5. The third-order valence-electron chi connectivity index (χ3n) is 2.39. The van der Waals surface area contributed by atoms with Gasteiger partial charge in [0.05, 0.1) is 19.8 Å². The maximum Gasteiger partial charge on any atom is 0.319 e. The van der Waals surface area contributed by atoms with Gasteiger partial charge in [-0.1, -0.05) is 6.07 Å². The Kier molecular flexibility index (Phi) is 6.84. The van der Waals surface area contributed by atoms with Gasteiger partial charge >= 0.3 is 6.03 Å². The summed E-state index contributed by atoms with van der Waals surface area (Å²) in [7, 11) is 1.59. The maximum absolute atomic E-state index is 13.3. The van der Waals surface area contributed by atoms with Crippen molar-refractivity contribution < 1.29 is 18.7 Å².